The molecule has 1 saturated heterocycles. The van der Waals surface area contributed by atoms with Crippen LogP contribution in [0.4, 0.5) is 0 Å². The molecule has 0 radical (unpaired) electrons. The van der Waals surface area contributed by atoms with E-state index in [1.165, 1.54) is 19.3 Å². The Morgan fingerprint density at radius 1 is 1.08 bits per heavy atom. The third-order valence-electron chi connectivity index (χ3n) is 6.09. The molecule has 1 aromatic rings. The van der Waals surface area contributed by atoms with Gasteiger partial charge in [-0.05, 0) is 49.8 Å². The fourth-order valence-electron chi connectivity index (χ4n) is 4.32. The lowest BCUT2D eigenvalue weighted by Crippen LogP contribution is -2.48. The van der Waals surface area contributed by atoms with E-state index < -0.39 is 0 Å². The van der Waals surface area contributed by atoms with E-state index in [0.29, 0.717) is 18.5 Å². The average molecular weight is 357 g/mol. The zero-order valence-corrected chi connectivity index (χ0v) is 15.6. The van der Waals surface area contributed by atoms with Crippen molar-refractivity contribution in [3.63, 3.8) is 0 Å². The Labute approximate surface area is 156 Å². The van der Waals surface area contributed by atoms with Gasteiger partial charge in [0.15, 0.2) is 0 Å². The highest BCUT2D eigenvalue weighted by Gasteiger charge is 2.35. The first-order valence-corrected chi connectivity index (χ1v) is 9.96. The fraction of sp³-hybridized carbons (Fsp3) is 0.619. The summed E-state index contributed by atoms with van der Waals surface area (Å²) in [6.45, 7) is 2.06. The average Bonchev–Trinajstić information content (AvgIpc) is 2.70. The van der Waals surface area contributed by atoms with Crippen molar-refractivity contribution in [2.75, 3.05) is 19.6 Å². The summed E-state index contributed by atoms with van der Waals surface area (Å²) in [5, 5.41) is 3.10. The van der Waals surface area contributed by atoms with Gasteiger partial charge in [-0.1, -0.05) is 37.5 Å². The van der Waals surface area contributed by atoms with Gasteiger partial charge in [0.1, 0.15) is 0 Å². The second-order valence-corrected chi connectivity index (χ2v) is 7.94. The van der Waals surface area contributed by atoms with Crippen molar-refractivity contribution in [3.05, 3.63) is 35.9 Å². The fourth-order valence-corrected chi connectivity index (χ4v) is 4.32. The van der Waals surface area contributed by atoms with Gasteiger partial charge in [0.2, 0.25) is 5.91 Å². The van der Waals surface area contributed by atoms with E-state index in [9.17, 15) is 9.59 Å². The highest BCUT2D eigenvalue weighted by Crippen LogP contribution is 2.39. The monoisotopic (exact) mass is 357 g/mol. The van der Waals surface area contributed by atoms with Crippen molar-refractivity contribution in [1.82, 2.24) is 10.2 Å². The van der Waals surface area contributed by atoms with Crippen molar-refractivity contribution >= 4 is 11.8 Å². The lowest BCUT2D eigenvalue weighted by molar-refractivity contribution is -0.135. The van der Waals surface area contributed by atoms with E-state index in [1.54, 1.807) is 0 Å². The van der Waals surface area contributed by atoms with Crippen LogP contribution in [0.3, 0.4) is 0 Å². The molecule has 0 unspecified atom stereocenters. The molecule has 26 heavy (non-hydrogen) atoms. The Balaban J connectivity index is 1.47. The topological polar surface area (TPSA) is 75.4 Å². The van der Waals surface area contributed by atoms with Crippen LogP contribution in [-0.2, 0) is 4.79 Å². The van der Waals surface area contributed by atoms with Gasteiger partial charge < -0.3 is 16.0 Å². The lowest BCUT2D eigenvalue weighted by atomic mass is 9.71. The SMILES string of the molecule is NCC1(CC(=O)N2CCC(NC(=O)c3ccccc3)CC2)CCCCC1. The zero-order valence-electron chi connectivity index (χ0n) is 15.6. The Morgan fingerprint density at radius 2 is 1.73 bits per heavy atom. The van der Waals surface area contributed by atoms with Crippen LogP contribution in [0.1, 0.15) is 61.7 Å². The van der Waals surface area contributed by atoms with Crippen LogP contribution < -0.4 is 11.1 Å². The summed E-state index contributed by atoms with van der Waals surface area (Å²) in [6.07, 6.45) is 8.04. The Kier molecular flexibility index (Phi) is 6.30. The molecular formula is C21H31N3O2. The number of likely N-dealkylation sites (tertiary alicyclic amines) is 1. The van der Waals surface area contributed by atoms with Gasteiger partial charge >= 0.3 is 0 Å². The van der Waals surface area contributed by atoms with Crippen LogP contribution in [0.25, 0.3) is 0 Å². The first kappa shape index (κ1) is 18.9. The number of nitrogens with one attached hydrogen (secondary N) is 1. The second kappa shape index (κ2) is 8.67. The third-order valence-corrected chi connectivity index (χ3v) is 6.09. The van der Waals surface area contributed by atoms with E-state index in [-0.39, 0.29) is 23.3 Å². The normalized spacial score (nSPS) is 20.6. The van der Waals surface area contributed by atoms with Crippen molar-refractivity contribution < 1.29 is 9.59 Å². The van der Waals surface area contributed by atoms with E-state index in [1.807, 2.05) is 35.2 Å². The number of benzene rings is 1. The van der Waals surface area contributed by atoms with Gasteiger partial charge in [0.05, 0.1) is 0 Å². The maximum Gasteiger partial charge on any atom is 0.251 e. The summed E-state index contributed by atoms with van der Waals surface area (Å²) >= 11 is 0. The van der Waals surface area contributed by atoms with Crippen LogP contribution in [0.15, 0.2) is 30.3 Å². The van der Waals surface area contributed by atoms with Crippen molar-refractivity contribution in [3.8, 4) is 0 Å². The highest BCUT2D eigenvalue weighted by molar-refractivity contribution is 5.94. The van der Waals surface area contributed by atoms with E-state index >= 15 is 0 Å². The maximum absolute atomic E-state index is 12.8. The number of carbonyl (C=O) groups excluding carboxylic acids is 2. The van der Waals surface area contributed by atoms with Crippen molar-refractivity contribution in [1.29, 1.82) is 0 Å². The molecule has 0 bridgehead atoms. The molecule has 1 heterocycles. The molecule has 5 nitrogen and oxygen atoms in total. The minimum absolute atomic E-state index is 0.0215. The molecule has 2 fully saturated rings. The number of nitrogens with two attached hydrogens (primary N) is 1. The van der Waals surface area contributed by atoms with Gasteiger partial charge in [-0.2, -0.15) is 0 Å². The largest absolute Gasteiger partial charge is 0.349 e. The van der Waals surface area contributed by atoms with Gasteiger partial charge in [-0.25, -0.2) is 0 Å². The molecule has 142 valence electrons. The molecule has 5 heteroatoms. The van der Waals surface area contributed by atoms with Gasteiger partial charge in [-0.15, -0.1) is 0 Å². The first-order chi connectivity index (χ1) is 12.6. The number of carbonyl (C=O) groups is 2. The lowest BCUT2D eigenvalue weighted by Gasteiger charge is -2.39. The molecule has 2 amide bonds. The Morgan fingerprint density at radius 3 is 2.35 bits per heavy atom. The van der Waals surface area contributed by atoms with Gasteiger partial charge in [0.25, 0.3) is 5.91 Å². The minimum atomic E-state index is -0.0281. The number of amides is 2. The molecule has 3 rings (SSSR count). The molecule has 0 spiro atoms. The van der Waals surface area contributed by atoms with Crippen LogP contribution in [0.5, 0.6) is 0 Å². The van der Waals surface area contributed by atoms with Crippen LogP contribution >= 0.6 is 0 Å². The molecule has 0 atom stereocenters. The number of hydrogen-bond acceptors (Lipinski definition) is 3. The number of nitrogens with zero attached hydrogens (tertiary/aromatic N) is 1. The summed E-state index contributed by atoms with van der Waals surface area (Å²) in [5.74, 6) is 0.213. The van der Waals surface area contributed by atoms with Gasteiger partial charge in [0, 0.05) is 31.1 Å². The molecule has 0 aromatic heterocycles. The zero-order chi connectivity index (χ0) is 18.4. The van der Waals surface area contributed by atoms with Crippen LogP contribution in [0.2, 0.25) is 0 Å². The third kappa shape index (κ3) is 4.64. The van der Waals surface area contributed by atoms with Crippen molar-refractivity contribution in [2.45, 2.75) is 57.4 Å². The standard InChI is InChI=1S/C21H31N3O2/c22-16-21(11-5-2-6-12-21)15-19(25)24-13-9-18(10-14-24)23-20(26)17-7-3-1-4-8-17/h1,3-4,7-8,18H,2,5-6,9-16,22H2,(H,23,26). The molecule has 3 N–H and O–H groups in total. The molecule has 1 aliphatic carbocycles. The molecule has 1 aliphatic heterocycles. The summed E-state index contributed by atoms with van der Waals surface area (Å²) < 4.78 is 0. The van der Waals surface area contributed by atoms with E-state index in [2.05, 4.69) is 5.32 Å². The number of hydrogen-bond donors (Lipinski definition) is 2. The van der Waals surface area contributed by atoms with Crippen LogP contribution in [0, 0.1) is 5.41 Å². The maximum atomic E-state index is 12.8. The summed E-state index contributed by atoms with van der Waals surface area (Å²) in [4.78, 5) is 27.0. The van der Waals surface area contributed by atoms with Crippen molar-refractivity contribution in [2.24, 2.45) is 11.1 Å². The molecule has 2 aliphatic rings. The quantitative estimate of drug-likeness (QED) is 0.851. The smallest absolute Gasteiger partial charge is 0.251 e. The first-order valence-electron chi connectivity index (χ1n) is 9.96. The molecular weight excluding hydrogens is 326 g/mol. The number of rotatable bonds is 5. The Hall–Kier alpha value is -1.88. The Bertz CT molecular complexity index is 603. The molecule has 1 saturated carbocycles. The summed E-state index contributed by atoms with van der Waals surface area (Å²) in [5.41, 5.74) is 6.74. The summed E-state index contributed by atoms with van der Waals surface area (Å²) in [6, 6.07) is 9.43. The van der Waals surface area contributed by atoms with Crippen LogP contribution in [-0.4, -0.2) is 42.4 Å². The number of piperidine rings is 1. The van der Waals surface area contributed by atoms with Gasteiger partial charge in [-0.3, -0.25) is 9.59 Å². The predicted octanol–water partition coefficient (Wildman–Crippen LogP) is 2.71. The second-order valence-electron chi connectivity index (χ2n) is 7.94. The van der Waals surface area contributed by atoms with E-state index in [4.69, 9.17) is 5.73 Å². The molecule has 1 aromatic carbocycles. The minimum Gasteiger partial charge on any atom is -0.349 e. The van der Waals surface area contributed by atoms with E-state index in [0.717, 1.165) is 38.8 Å². The highest BCUT2D eigenvalue weighted by atomic mass is 16.2. The summed E-state index contributed by atoms with van der Waals surface area (Å²) in [7, 11) is 0. The predicted molar refractivity (Wildman–Crippen MR) is 103 cm³/mol.